The predicted octanol–water partition coefficient (Wildman–Crippen LogP) is 1.03. The molecule has 0 aliphatic heterocycles. The first-order valence-corrected chi connectivity index (χ1v) is 6.05. The van der Waals surface area contributed by atoms with Crippen LogP contribution in [0.4, 0.5) is 4.79 Å². The van der Waals surface area contributed by atoms with Crippen molar-refractivity contribution in [3.63, 3.8) is 0 Å². The number of urea groups is 1. The molecular weight excluding hydrogens is 248 g/mol. The van der Waals surface area contributed by atoms with Crippen LogP contribution >= 0.6 is 0 Å². The Hall–Kier alpha value is -2.05. The van der Waals surface area contributed by atoms with Crippen LogP contribution in [0.3, 0.4) is 0 Å². The smallest absolute Gasteiger partial charge is 0.331 e. The van der Waals surface area contributed by atoms with Gasteiger partial charge in [0.2, 0.25) is 0 Å². The molecule has 0 saturated heterocycles. The number of amides is 2. The van der Waals surface area contributed by atoms with Crippen molar-refractivity contribution in [2.24, 2.45) is 7.05 Å². The number of carboxylic acid groups (broad SMARTS) is 1. The molecule has 0 spiro atoms. The van der Waals surface area contributed by atoms with Gasteiger partial charge in [-0.2, -0.15) is 5.10 Å². The van der Waals surface area contributed by atoms with Crippen molar-refractivity contribution in [1.82, 2.24) is 20.4 Å². The number of carbonyl (C=O) groups is 2. The van der Waals surface area contributed by atoms with Crippen molar-refractivity contribution in [2.45, 2.75) is 38.8 Å². The fraction of sp³-hybridized carbons (Fsp3) is 0.583. The molecule has 0 aliphatic rings. The van der Waals surface area contributed by atoms with Gasteiger partial charge in [-0.3, -0.25) is 4.68 Å². The van der Waals surface area contributed by atoms with Gasteiger partial charge < -0.3 is 15.7 Å². The average molecular weight is 268 g/mol. The zero-order chi connectivity index (χ0) is 14.6. The lowest BCUT2D eigenvalue weighted by Gasteiger charge is -2.25. The van der Waals surface area contributed by atoms with Crippen molar-refractivity contribution in [1.29, 1.82) is 0 Å². The van der Waals surface area contributed by atoms with Crippen LogP contribution in [0.25, 0.3) is 0 Å². The highest BCUT2D eigenvalue weighted by atomic mass is 16.4. The lowest BCUT2D eigenvalue weighted by Crippen LogP contribution is -2.49. The molecule has 7 nitrogen and oxygen atoms in total. The van der Waals surface area contributed by atoms with E-state index in [2.05, 4.69) is 15.7 Å². The SMILES string of the molecule is CCC(C)(C)NC(=O)NC(C(=O)O)c1cnn(C)c1. The maximum atomic E-state index is 11.8. The van der Waals surface area contributed by atoms with E-state index < -0.39 is 18.0 Å². The zero-order valence-electron chi connectivity index (χ0n) is 11.6. The lowest BCUT2D eigenvalue weighted by molar-refractivity contribution is -0.139. The van der Waals surface area contributed by atoms with E-state index >= 15 is 0 Å². The van der Waals surface area contributed by atoms with Crippen LogP contribution in [0.15, 0.2) is 12.4 Å². The summed E-state index contributed by atoms with van der Waals surface area (Å²) in [5, 5.41) is 18.2. The first-order valence-electron chi connectivity index (χ1n) is 6.05. The number of hydrogen-bond donors (Lipinski definition) is 3. The van der Waals surface area contributed by atoms with Crippen molar-refractivity contribution < 1.29 is 14.7 Å². The van der Waals surface area contributed by atoms with Gasteiger partial charge in [0.05, 0.1) is 6.20 Å². The second-order valence-corrected chi connectivity index (χ2v) is 5.05. The van der Waals surface area contributed by atoms with E-state index in [-0.39, 0.29) is 5.54 Å². The van der Waals surface area contributed by atoms with Gasteiger partial charge in [-0.05, 0) is 20.3 Å². The third kappa shape index (κ3) is 4.27. The fourth-order valence-corrected chi connectivity index (χ4v) is 1.44. The molecule has 106 valence electrons. The second kappa shape index (κ2) is 5.73. The van der Waals surface area contributed by atoms with E-state index in [0.29, 0.717) is 5.56 Å². The summed E-state index contributed by atoms with van der Waals surface area (Å²) in [6.07, 6.45) is 3.72. The number of nitrogens with zero attached hydrogens (tertiary/aromatic N) is 2. The Balaban J connectivity index is 2.75. The van der Waals surface area contributed by atoms with E-state index in [1.807, 2.05) is 20.8 Å². The Morgan fingerprint density at radius 2 is 2.16 bits per heavy atom. The third-order valence-corrected chi connectivity index (χ3v) is 2.92. The van der Waals surface area contributed by atoms with Crippen molar-refractivity contribution in [3.8, 4) is 0 Å². The van der Waals surface area contributed by atoms with Gasteiger partial charge in [-0.25, -0.2) is 9.59 Å². The maximum absolute atomic E-state index is 11.8. The highest BCUT2D eigenvalue weighted by Gasteiger charge is 2.25. The first kappa shape index (κ1) is 15.0. The molecule has 0 aromatic carbocycles. The van der Waals surface area contributed by atoms with E-state index in [1.54, 1.807) is 13.2 Å². The molecule has 0 bridgehead atoms. The number of nitrogens with one attached hydrogen (secondary N) is 2. The molecule has 1 heterocycles. The Labute approximate surface area is 112 Å². The first-order chi connectivity index (χ1) is 8.75. The van der Waals surface area contributed by atoms with E-state index in [1.165, 1.54) is 10.9 Å². The maximum Gasteiger partial charge on any atom is 0.331 e. The number of aryl methyl sites for hydroxylation is 1. The van der Waals surface area contributed by atoms with Crippen LogP contribution in [0.5, 0.6) is 0 Å². The molecule has 1 rings (SSSR count). The molecule has 7 heteroatoms. The molecule has 1 unspecified atom stereocenters. The highest BCUT2D eigenvalue weighted by molar-refractivity contribution is 5.83. The molecule has 0 fully saturated rings. The average Bonchev–Trinajstić information content (AvgIpc) is 2.71. The van der Waals surface area contributed by atoms with Crippen molar-refractivity contribution in [3.05, 3.63) is 18.0 Å². The molecule has 0 saturated carbocycles. The Kier molecular flexibility index (Phi) is 4.52. The number of aliphatic carboxylic acids is 1. The summed E-state index contributed by atoms with van der Waals surface area (Å²) in [6.45, 7) is 5.68. The second-order valence-electron chi connectivity index (χ2n) is 5.05. The van der Waals surface area contributed by atoms with Crippen LogP contribution in [0.1, 0.15) is 38.8 Å². The van der Waals surface area contributed by atoms with E-state index in [9.17, 15) is 9.59 Å². The van der Waals surface area contributed by atoms with Crippen LogP contribution in [-0.4, -0.2) is 32.4 Å². The van der Waals surface area contributed by atoms with Crippen LogP contribution in [0, 0.1) is 0 Å². The molecule has 1 aromatic rings. The molecule has 1 aromatic heterocycles. The quantitative estimate of drug-likeness (QED) is 0.743. The molecular formula is C12H20N4O3. The summed E-state index contributed by atoms with van der Waals surface area (Å²) in [4.78, 5) is 23.0. The lowest BCUT2D eigenvalue weighted by atomic mass is 10.0. The van der Waals surface area contributed by atoms with E-state index in [0.717, 1.165) is 6.42 Å². The monoisotopic (exact) mass is 268 g/mol. The van der Waals surface area contributed by atoms with Crippen LogP contribution in [-0.2, 0) is 11.8 Å². The fourth-order valence-electron chi connectivity index (χ4n) is 1.44. The van der Waals surface area contributed by atoms with Crippen molar-refractivity contribution in [2.75, 3.05) is 0 Å². The zero-order valence-corrected chi connectivity index (χ0v) is 11.6. The summed E-state index contributed by atoms with van der Waals surface area (Å²) in [5.41, 5.74) is 0.0432. The number of hydrogen-bond acceptors (Lipinski definition) is 3. The van der Waals surface area contributed by atoms with Gasteiger partial charge in [0, 0.05) is 24.3 Å². The number of aromatic nitrogens is 2. The Morgan fingerprint density at radius 1 is 1.53 bits per heavy atom. The predicted molar refractivity (Wildman–Crippen MR) is 69.6 cm³/mol. The summed E-state index contributed by atoms with van der Waals surface area (Å²) < 4.78 is 1.49. The number of carboxylic acids is 1. The molecule has 19 heavy (non-hydrogen) atoms. The van der Waals surface area contributed by atoms with Crippen molar-refractivity contribution >= 4 is 12.0 Å². The largest absolute Gasteiger partial charge is 0.479 e. The normalized spacial score (nSPS) is 12.8. The van der Waals surface area contributed by atoms with Gasteiger partial charge >= 0.3 is 12.0 Å². The topological polar surface area (TPSA) is 96.2 Å². The third-order valence-electron chi connectivity index (χ3n) is 2.92. The molecule has 0 radical (unpaired) electrons. The summed E-state index contributed by atoms with van der Waals surface area (Å²) in [6, 6.07) is -1.62. The van der Waals surface area contributed by atoms with Gasteiger partial charge in [-0.15, -0.1) is 0 Å². The summed E-state index contributed by atoms with van der Waals surface area (Å²) >= 11 is 0. The summed E-state index contributed by atoms with van der Waals surface area (Å²) in [7, 11) is 1.68. The molecule has 2 amide bonds. The number of carbonyl (C=O) groups excluding carboxylic acids is 1. The van der Waals surface area contributed by atoms with Gasteiger partial charge in [-0.1, -0.05) is 6.92 Å². The Morgan fingerprint density at radius 3 is 2.58 bits per heavy atom. The minimum atomic E-state index is -1.13. The highest BCUT2D eigenvalue weighted by Crippen LogP contribution is 2.13. The van der Waals surface area contributed by atoms with Gasteiger partial charge in [0.1, 0.15) is 0 Å². The standard InChI is InChI=1S/C12H20N4O3/c1-5-12(2,3)15-11(19)14-9(10(17)18)8-6-13-16(4)7-8/h6-7,9H,5H2,1-4H3,(H,17,18)(H2,14,15,19). The van der Waals surface area contributed by atoms with Gasteiger partial charge in [0.25, 0.3) is 0 Å². The molecule has 3 N–H and O–H groups in total. The number of rotatable bonds is 5. The molecule has 0 aliphatic carbocycles. The van der Waals surface area contributed by atoms with Gasteiger partial charge in [0.15, 0.2) is 6.04 Å². The molecule has 1 atom stereocenters. The Bertz CT molecular complexity index is 467. The minimum Gasteiger partial charge on any atom is -0.479 e. The van der Waals surface area contributed by atoms with E-state index in [4.69, 9.17) is 5.11 Å². The van der Waals surface area contributed by atoms with Crippen LogP contribution < -0.4 is 10.6 Å². The summed E-state index contributed by atoms with van der Waals surface area (Å²) in [5.74, 6) is -1.13. The minimum absolute atomic E-state index is 0.387. The van der Waals surface area contributed by atoms with Crippen LogP contribution in [0.2, 0.25) is 0 Å².